The lowest BCUT2D eigenvalue weighted by atomic mass is 10.1. The van der Waals surface area contributed by atoms with Gasteiger partial charge in [-0.2, -0.15) is 0 Å². The van der Waals surface area contributed by atoms with E-state index in [2.05, 4.69) is 37.2 Å². The number of nitrogens with zero attached hydrogens (tertiary/aromatic N) is 5. The maximum absolute atomic E-state index is 5.72. The van der Waals surface area contributed by atoms with Gasteiger partial charge in [0.15, 0.2) is 0 Å². The summed E-state index contributed by atoms with van der Waals surface area (Å²) in [4.78, 5) is 0. The molecule has 3 heterocycles. The van der Waals surface area contributed by atoms with Gasteiger partial charge in [0, 0.05) is 18.5 Å². The Labute approximate surface area is 140 Å². The SMILES string of the molecule is CC(NCc1nnc(-c2ccccc2)o1)c1nnc2n1CCCC2. The standard InChI is InChI=1S/C17H20N6O/c1-12(16-21-19-14-9-5-6-10-23(14)16)18-11-15-20-22-17(24-15)13-7-3-2-4-8-13/h2-4,7-8,12,18H,5-6,9-11H2,1H3. The van der Waals surface area contributed by atoms with E-state index in [9.17, 15) is 0 Å². The van der Waals surface area contributed by atoms with Crippen LogP contribution in [-0.2, 0) is 19.5 Å². The molecule has 1 atom stereocenters. The quantitative estimate of drug-likeness (QED) is 0.776. The van der Waals surface area contributed by atoms with Crippen LogP contribution in [0.1, 0.15) is 43.3 Å². The molecule has 0 saturated carbocycles. The van der Waals surface area contributed by atoms with Crippen molar-refractivity contribution in [1.82, 2.24) is 30.3 Å². The molecule has 1 N–H and O–H groups in total. The molecule has 1 aliphatic heterocycles. The van der Waals surface area contributed by atoms with Crippen LogP contribution < -0.4 is 5.32 Å². The lowest BCUT2D eigenvalue weighted by molar-refractivity contribution is 0.428. The summed E-state index contributed by atoms with van der Waals surface area (Å²) in [5, 5.41) is 20.3. The van der Waals surface area contributed by atoms with Gasteiger partial charge in [0.1, 0.15) is 11.6 Å². The Morgan fingerprint density at radius 2 is 2.00 bits per heavy atom. The molecule has 1 unspecified atom stereocenters. The third-order valence-corrected chi connectivity index (χ3v) is 4.32. The molecule has 3 aromatic rings. The van der Waals surface area contributed by atoms with E-state index in [0.29, 0.717) is 18.3 Å². The topological polar surface area (TPSA) is 81.7 Å². The highest BCUT2D eigenvalue weighted by Crippen LogP contribution is 2.20. The van der Waals surface area contributed by atoms with Crippen LogP contribution in [0.2, 0.25) is 0 Å². The third kappa shape index (κ3) is 2.94. The summed E-state index contributed by atoms with van der Waals surface area (Å²) in [6, 6.07) is 9.85. The molecule has 0 bridgehead atoms. The van der Waals surface area contributed by atoms with E-state index in [1.807, 2.05) is 30.3 Å². The van der Waals surface area contributed by atoms with Crippen LogP contribution in [-0.4, -0.2) is 25.0 Å². The van der Waals surface area contributed by atoms with Gasteiger partial charge in [0.05, 0.1) is 12.6 Å². The van der Waals surface area contributed by atoms with E-state index in [4.69, 9.17) is 4.42 Å². The van der Waals surface area contributed by atoms with Crippen LogP contribution in [0.4, 0.5) is 0 Å². The van der Waals surface area contributed by atoms with Gasteiger partial charge >= 0.3 is 0 Å². The number of benzene rings is 1. The molecule has 1 aromatic carbocycles. The van der Waals surface area contributed by atoms with Crippen LogP contribution in [0, 0.1) is 0 Å². The lowest BCUT2D eigenvalue weighted by Gasteiger charge is -2.18. The van der Waals surface area contributed by atoms with Gasteiger partial charge in [-0.1, -0.05) is 18.2 Å². The molecule has 0 aliphatic carbocycles. The first-order valence-electron chi connectivity index (χ1n) is 8.34. The highest BCUT2D eigenvalue weighted by molar-refractivity contribution is 5.51. The van der Waals surface area contributed by atoms with Crippen LogP contribution >= 0.6 is 0 Å². The summed E-state index contributed by atoms with van der Waals surface area (Å²) >= 11 is 0. The third-order valence-electron chi connectivity index (χ3n) is 4.32. The fourth-order valence-corrected chi connectivity index (χ4v) is 3.01. The molecule has 4 rings (SSSR count). The van der Waals surface area contributed by atoms with Crippen molar-refractivity contribution in [3.05, 3.63) is 47.9 Å². The van der Waals surface area contributed by atoms with Gasteiger partial charge in [-0.3, -0.25) is 5.32 Å². The predicted molar refractivity (Wildman–Crippen MR) is 87.9 cm³/mol. The van der Waals surface area contributed by atoms with Gasteiger partial charge < -0.3 is 8.98 Å². The van der Waals surface area contributed by atoms with Gasteiger partial charge in [-0.25, -0.2) is 0 Å². The highest BCUT2D eigenvalue weighted by atomic mass is 16.4. The molecular weight excluding hydrogens is 304 g/mol. The van der Waals surface area contributed by atoms with Crippen molar-refractivity contribution in [3.8, 4) is 11.5 Å². The van der Waals surface area contributed by atoms with E-state index in [-0.39, 0.29) is 6.04 Å². The summed E-state index contributed by atoms with van der Waals surface area (Å²) in [5.74, 6) is 3.18. The van der Waals surface area contributed by atoms with Gasteiger partial charge in [0.2, 0.25) is 11.8 Å². The fourth-order valence-electron chi connectivity index (χ4n) is 3.01. The summed E-state index contributed by atoms with van der Waals surface area (Å²) in [7, 11) is 0. The monoisotopic (exact) mass is 324 g/mol. The molecule has 0 spiro atoms. The zero-order valence-corrected chi connectivity index (χ0v) is 13.6. The van der Waals surface area contributed by atoms with Crippen LogP contribution in [0.3, 0.4) is 0 Å². The van der Waals surface area contributed by atoms with Gasteiger partial charge in [-0.15, -0.1) is 20.4 Å². The Balaban J connectivity index is 1.42. The number of fused-ring (bicyclic) bond motifs is 1. The summed E-state index contributed by atoms with van der Waals surface area (Å²) < 4.78 is 7.95. The Hall–Kier alpha value is -2.54. The summed E-state index contributed by atoms with van der Waals surface area (Å²) in [5.41, 5.74) is 0.927. The molecule has 0 fully saturated rings. The summed E-state index contributed by atoms with van der Waals surface area (Å²) in [6.07, 6.45) is 3.41. The highest BCUT2D eigenvalue weighted by Gasteiger charge is 2.20. The fraction of sp³-hybridized carbons (Fsp3) is 0.412. The molecular formula is C17H20N6O. The first kappa shape index (κ1) is 15.0. The van der Waals surface area contributed by atoms with Crippen molar-refractivity contribution in [2.45, 2.75) is 45.3 Å². The normalized spacial score (nSPS) is 15.2. The maximum atomic E-state index is 5.72. The van der Waals surface area contributed by atoms with Crippen LogP contribution in [0.5, 0.6) is 0 Å². The van der Waals surface area contributed by atoms with Crippen molar-refractivity contribution in [2.75, 3.05) is 0 Å². The van der Waals surface area contributed by atoms with Gasteiger partial charge in [-0.05, 0) is 31.9 Å². The summed E-state index contributed by atoms with van der Waals surface area (Å²) in [6.45, 7) is 3.59. The van der Waals surface area contributed by atoms with Crippen molar-refractivity contribution >= 4 is 0 Å². The molecule has 0 amide bonds. The second-order valence-electron chi connectivity index (χ2n) is 6.05. The first-order chi connectivity index (χ1) is 11.8. The van der Waals surface area contributed by atoms with Crippen molar-refractivity contribution in [1.29, 1.82) is 0 Å². The maximum Gasteiger partial charge on any atom is 0.247 e. The first-order valence-corrected chi connectivity index (χ1v) is 8.34. The number of hydrogen-bond acceptors (Lipinski definition) is 6. The number of nitrogens with one attached hydrogen (secondary N) is 1. The molecule has 0 radical (unpaired) electrons. The van der Waals surface area contributed by atoms with E-state index < -0.39 is 0 Å². The zero-order chi connectivity index (χ0) is 16.4. The van der Waals surface area contributed by atoms with E-state index in [1.54, 1.807) is 0 Å². The number of rotatable bonds is 5. The molecule has 7 nitrogen and oxygen atoms in total. The number of aromatic nitrogens is 5. The lowest BCUT2D eigenvalue weighted by Crippen LogP contribution is -2.23. The van der Waals surface area contributed by atoms with E-state index in [1.165, 1.54) is 12.8 Å². The van der Waals surface area contributed by atoms with Crippen LogP contribution in [0.25, 0.3) is 11.5 Å². The largest absolute Gasteiger partial charge is 0.419 e. The van der Waals surface area contributed by atoms with E-state index in [0.717, 1.165) is 30.2 Å². The number of hydrogen-bond donors (Lipinski definition) is 1. The Bertz CT molecular complexity index is 810. The average molecular weight is 324 g/mol. The molecule has 2 aromatic heterocycles. The number of aryl methyl sites for hydroxylation is 1. The smallest absolute Gasteiger partial charge is 0.247 e. The van der Waals surface area contributed by atoms with Crippen molar-refractivity contribution < 1.29 is 4.42 Å². The minimum absolute atomic E-state index is 0.0800. The molecule has 124 valence electrons. The second kappa shape index (κ2) is 6.52. The minimum Gasteiger partial charge on any atom is -0.419 e. The second-order valence-corrected chi connectivity index (χ2v) is 6.05. The van der Waals surface area contributed by atoms with E-state index >= 15 is 0 Å². The predicted octanol–water partition coefficient (Wildman–Crippen LogP) is 2.52. The zero-order valence-electron chi connectivity index (χ0n) is 13.6. The molecule has 7 heteroatoms. The molecule has 24 heavy (non-hydrogen) atoms. The Morgan fingerprint density at radius 1 is 1.12 bits per heavy atom. The van der Waals surface area contributed by atoms with Crippen molar-refractivity contribution in [3.63, 3.8) is 0 Å². The molecule has 1 aliphatic rings. The Kier molecular flexibility index (Phi) is 4.08. The minimum atomic E-state index is 0.0800. The Morgan fingerprint density at radius 3 is 2.88 bits per heavy atom. The molecule has 0 saturated heterocycles. The van der Waals surface area contributed by atoms with Crippen molar-refractivity contribution in [2.24, 2.45) is 0 Å². The van der Waals surface area contributed by atoms with Crippen LogP contribution in [0.15, 0.2) is 34.7 Å². The average Bonchev–Trinajstić information content (AvgIpc) is 3.27. The van der Waals surface area contributed by atoms with Gasteiger partial charge in [0.25, 0.3) is 0 Å².